The summed E-state index contributed by atoms with van der Waals surface area (Å²) in [5.74, 6) is -0.205. The lowest BCUT2D eigenvalue weighted by Gasteiger charge is -2.13. The van der Waals surface area contributed by atoms with Crippen LogP contribution in [0.5, 0.6) is 0 Å². The molecule has 2 aromatic heterocycles. The number of pyridine rings is 1. The van der Waals surface area contributed by atoms with E-state index in [9.17, 15) is 4.39 Å². The third-order valence-corrected chi connectivity index (χ3v) is 3.51. The number of nitrogens with one attached hydrogen (secondary N) is 2. The SMILES string of the molecule is C[C@H](NCc1c[nH]c2ncccc12)c1ccc(F)cc1. The van der Waals surface area contributed by atoms with Crippen LogP contribution in [0.4, 0.5) is 4.39 Å². The van der Waals surface area contributed by atoms with Gasteiger partial charge in [-0.1, -0.05) is 12.1 Å². The zero-order valence-corrected chi connectivity index (χ0v) is 11.2. The molecular formula is C16H16FN3. The molecule has 0 bridgehead atoms. The van der Waals surface area contributed by atoms with E-state index in [1.165, 1.54) is 17.7 Å². The van der Waals surface area contributed by atoms with Crippen LogP contribution in [0.1, 0.15) is 24.1 Å². The molecule has 0 amide bonds. The van der Waals surface area contributed by atoms with Crippen LogP contribution < -0.4 is 5.32 Å². The fraction of sp³-hybridized carbons (Fsp3) is 0.188. The molecule has 0 aliphatic rings. The maximum atomic E-state index is 12.9. The van der Waals surface area contributed by atoms with Gasteiger partial charge in [0.15, 0.2) is 0 Å². The number of H-pyrrole nitrogens is 1. The highest BCUT2D eigenvalue weighted by Crippen LogP contribution is 2.18. The fourth-order valence-electron chi connectivity index (χ4n) is 2.29. The molecule has 0 aliphatic heterocycles. The second kappa shape index (κ2) is 5.43. The van der Waals surface area contributed by atoms with Gasteiger partial charge in [-0.25, -0.2) is 9.37 Å². The number of aromatic amines is 1. The van der Waals surface area contributed by atoms with Gasteiger partial charge in [0.2, 0.25) is 0 Å². The fourth-order valence-corrected chi connectivity index (χ4v) is 2.29. The zero-order chi connectivity index (χ0) is 13.9. The van der Waals surface area contributed by atoms with E-state index in [0.717, 1.165) is 23.1 Å². The Hall–Kier alpha value is -2.20. The predicted octanol–water partition coefficient (Wildman–Crippen LogP) is 3.55. The van der Waals surface area contributed by atoms with Crippen LogP contribution in [0, 0.1) is 5.82 Å². The van der Waals surface area contributed by atoms with Crippen molar-refractivity contribution < 1.29 is 4.39 Å². The normalized spacial score (nSPS) is 12.7. The van der Waals surface area contributed by atoms with Gasteiger partial charge in [0.05, 0.1) is 0 Å². The first-order chi connectivity index (χ1) is 9.74. The quantitative estimate of drug-likeness (QED) is 0.760. The van der Waals surface area contributed by atoms with Gasteiger partial charge >= 0.3 is 0 Å². The van der Waals surface area contributed by atoms with Gasteiger partial charge < -0.3 is 10.3 Å². The Balaban J connectivity index is 1.71. The number of hydrogen-bond donors (Lipinski definition) is 2. The highest BCUT2D eigenvalue weighted by molar-refractivity contribution is 5.79. The maximum absolute atomic E-state index is 12.9. The van der Waals surface area contributed by atoms with E-state index in [1.54, 1.807) is 6.20 Å². The molecule has 3 nitrogen and oxygen atoms in total. The number of rotatable bonds is 4. The van der Waals surface area contributed by atoms with Gasteiger partial charge in [0.25, 0.3) is 0 Å². The van der Waals surface area contributed by atoms with Crippen molar-refractivity contribution in [2.75, 3.05) is 0 Å². The minimum absolute atomic E-state index is 0.164. The van der Waals surface area contributed by atoms with Crippen molar-refractivity contribution in [3.8, 4) is 0 Å². The molecule has 0 fully saturated rings. The summed E-state index contributed by atoms with van der Waals surface area (Å²) in [6, 6.07) is 10.7. The molecule has 0 unspecified atom stereocenters. The summed E-state index contributed by atoms with van der Waals surface area (Å²) in [7, 11) is 0. The summed E-state index contributed by atoms with van der Waals surface area (Å²) < 4.78 is 12.9. The molecule has 0 radical (unpaired) electrons. The molecule has 0 saturated heterocycles. The largest absolute Gasteiger partial charge is 0.346 e. The highest BCUT2D eigenvalue weighted by Gasteiger charge is 2.08. The zero-order valence-electron chi connectivity index (χ0n) is 11.2. The van der Waals surface area contributed by atoms with Crippen molar-refractivity contribution in [1.29, 1.82) is 0 Å². The van der Waals surface area contributed by atoms with Crippen molar-refractivity contribution in [2.45, 2.75) is 19.5 Å². The monoisotopic (exact) mass is 269 g/mol. The molecule has 0 saturated carbocycles. The second-order valence-electron chi connectivity index (χ2n) is 4.87. The Kier molecular flexibility index (Phi) is 3.48. The van der Waals surface area contributed by atoms with Crippen LogP contribution in [-0.2, 0) is 6.54 Å². The smallest absolute Gasteiger partial charge is 0.137 e. The van der Waals surface area contributed by atoms with E-state index in [-0.39, 0.29) is 11.9 Å². The van der Waals surface area contributed by atoms with Crippen LogP contribution in [0.25, 0.3) is 11.0 Å². The maximum Gasteiger partial charge on any atom is 0.137 e. The molecule has 1 atom stereocenters. The molecule has 2 N–H and O–H groups in total. The summed E-state index contributed by atoms with van der Waals surface area (Å²) in [4.78, 5) is 7.43. The summed E-state index contributed by atoms with van der Waals surface area (Å²) in [6.07, 6.45) is 3.75. The number of benzene rings is 1. The Morgan fingerprint density at radius 3 is 2.85 bits per heavy atom. The van der Waals surface area contributed by atoms with Crippen molar-refractivity contribution >= 4 is 11.0 Å². The third kappa shape index (κ3) is 2.56. The lowest BCUT2D eigenvalue weighted by molar-refractivity contribution is 0.572. The first-order valence-corrected chi connectivity index (χ1v) is 6.64. The topological polar surface area (TPSA) is 40.7 Å². The molecule has 0 aliphatic carbocycles. The van der Waals surface area contributed by atoms with Crippen molar-refractivity contribution in [3.63, 3.8) is 0 Å². The summed E-state index contributed by atoms with van der Waals surface area (Å²) in [6.45, 7) is 2.81. The number of nitrogens with zero attached hydrogens (tertiary/aromatic N) is 1. The van der Waals surface area contributed by atoms with E-state index < -0.39 is 0 Å². The van der Waals surface area contributed by atoms with Crippen LogP contribution in [-0.4, -0.2) is 9.97 Å². The minimum atomic E-state index is -0.205. The predicted molar refractivity (Wildman–Crippen MR) is 77.7 cm³/mol. The molecule has 2 heterocycles. The van der Waals surface area contributed by atoms with Gasteiger partial charge in [-0.2, -0.15) is 0 Å². The molecule has 1 aromatic carbocycles. The Morgan fingerprint density at radius 1 is 1.25 bits per heavy atom. The van der Waals surface area contributed by atoms with E-state index >= 15 is 0 Å². The molecule has 102 valence electrons. The van der Waals surface area contributed by atoms with Gasteiger partial charge in [-0.05, 0) is 42.3 Å². The molecule has 3 aromatic rings. The lowest BCUT2D eigenvalue weighted by Crippen LogP contribution is -2.17. The lowest BCUT2D eigenvalue weighted by atomic mass is 10.1. The Bertz CT molecular complexity index is 703. The number of hydrogen-bond acceptors (Lipinski definition) is 2. The third-order valence-electron chi connectivity index (χ3n) is 3.51. The summed E-state index contributed by atoms with van der Waals surface area (Å²) in [5.41, 5.74) is 3.16. The van der Waals surface area contributed by atoms with Crippen molar-refractivity contribution in [1.82, 2.24) is 15.3 Å². The molecule has 3 rings (SSSR count). The summed E-state index contributed by atoms with van der Waals surface area (Å²) in [5, 5.41) is 4.57. The Labute approximate surface area is 116 Å². The standard InChI is InChI=1S/C16H16FN3/c1-11(12-4-6-14(17)7-5-12)19-9-13-10-20-16-15(13)3-2-8-18-16/h2-8,10-11,19H,9H2,1H3,(H,18,20)/t11-/m0/s1. The van der Waals surface area contributed by atoms with Gasteiger partial charge in [-0.15, -0.1) is 0 Å². The Morgan fingerprint density at radius 2 is 2.05 bits per heavy atom. The molecule has 20 heavy (non-hydrogen) atoms. The van der Waals surface area contributed by atoms with Crippen LogP contribution in [0.3, 0.4) is 0 Å². The van der Waals surface area contributed by atoms with Crippen LogP contribution in [0.2, 0.25) is 0 Å². The van der Waals surface area contributed by atoms with Crippen molar-refractivity contribution in [3.05, 3.63) is 65.7 Å². The van der Waals surface area contributed by atoms with E-state index in [1.807, 2.05) is 24.4 Å². The van der Waals surface area contributed by atoms with Gasteiger partial charge in [-0.3, -0.25) is 0 Å². The number of fused-ring (bicyclic) bond motifs is 1. The second-order valence-corrected chi connectivity index (χ2v) is 4.87. The molecular weight excluding hydrogens is 253 g/mol. The van der Waals surface area contributed by atoms with E-state index in [2.05, 4.69) is 28.3 Å². The van der Waals surface area contributed by atoms with Gasteiger partial charge in [0.1, 0.15) is 11.5 Å². The first kappa shape index (κ1) is 12.8. The van der Waals surface area contributed by atoms with Crippen LogP contribution in [0.15, 0.2) is 48.8 Å². The van der Waals surface area contributed by atoms with Gasteiger partial charge in [0, 0.05) is 30.4 Å². The highest BCUT2D eigenvalue weighted by atomic mass is 19.1. The number of halogens is 1. The van der Waals surface area contributed by atoms with Crippen molar-refractivity contribution in [2.24, 2.45) is 0 Å². The average Bonchev–Trinajstić information content (AvgIpc) is 2.89. The van der Waals surface area contributed by atoms with Crippen LogP contribution >= 0.6 is 0 Å². The first-order valence-electron chi connectivity index (χ1n) is 6.64. The van der Waals surface area contributed by atoms with E-state index in [0.29, 0.717) is 0 Å². The minimum Gasteiger partial charge on any atom is -0.346 e. The number of aromatic nitrogens is 2. The average molecular weight is 269 g/mol. The molecule has 4 heteroatoms. The molecule has 0 spiro atoms. The summed E-state index contributed by atoms with van der Waals surface area (Å²) >= 11 is 0. The van der Waals surface area contributed by atoms with E-state index in [4.69, 9.17) is 0 Å².